The predicted octanol–water partition coefficient (Wildman–Crippen LogP) is 2.76. The van der Waals surface area contributed by atoms with Crippen molar-refractivity contribution < 1.29 is 19.1 Å². The summed E-state index contributed by atoms with van der Waals surface area (Å²) in [5, 5.41) is 0. The monoisotopic (exact) mass is 454 g/mol. The lowest BCUT2D eigenvalue weighted by atomic mass is 10.0. The molecule has 5 rings (SSSR count). The van der Waals surface area contributed by atoms with Gasteiger partial charge in [-0.2, -0.15) is 0 Å². The van der Waals surface area contributed by atoms with Crippen molar-refractivity contribution in [2.75, 3.05) is 31.1 Å². The summed E-state index contributed by atoms with van der Waals surface area (Å²) < 4.78 is 5.66. The van der Waals surface area contributed by atoms with E-state index in [0.717, 1.165) is 18.9 Å². The fourth-order valence-electron chi connectivity index (χ4n) is 4.14. The van der Waals surface area contributed by atoms with E-state index in [9.17, 15) is 14.4 Å². The van der Waals surface area contributed by atoms with Crippen molar-refractivity contribution in [2.24, 2.45) is 5.73 Å². The zero-order chi connectivity index (χ0) is 23.7. The number of pyridine rings is 1. The van der Waals surface area contributed by atoms with Gasteiger partial charge in [-0.25, -0.2) is 4.98 Å². The smallest absolute Gasteiger partial charge is 0.253 e. The molecule has 0 saturated carbocycles. The van der Waals surface area contributed by atoms with Crippen LogP contribution in [0.1, 0.15) is 36.6 Å². The second-order valence-electron chi connectivity index (χ2n) is 8.08. The van der Waals surface area contributed by atoms with E-state index < -0.39 is 5.91 Å². The van der Waals surface area contributed by atoms with Gasteiger partial charge in [0, 0.05) is 37.9 Å². The first-order valence-corrected chi connectivity index (χ1v) is 10.9. The van der Waals surface area contributed by atoms with Gasteiger partial charge in [-0.05, 0) is 48.0 Å². The molecule has 3 heterocycles. The summed E-state index contributed by atoms with van der Waals surface area (Å²) in [6.07, 6.45) is 3.36. The number of allylic oxidation sites excluding steroid dienone is 1. The molecule has 1 aromatic heterocycles. The van der Waals surface area contributed by atoms with E-state index in [0.29, 0.717) is 29.8 Å². The SMILES string of the molecule is NC(=O)c1cccc2c1O/C(=C\c1ccc(C(=O)N3CCN(c4ccccn4)CC3)cc1)C2=O. The Kier molecular flexibility index (Phi) is 5.55. The molecule has 0 aliphatic carbocycles. The van der Waals surface area contributed by atoms with Crippen LogP contribution < -0.4 is 15.4 Å². The van der Waals surface area contributed by atoms with Gasteiger partial charge in [0.25, 0.3) is 11.8 Å². The third-order valence-corrected chi connectivity index (χ3v) is 5.96. The van der Waals surface area contributed by atoms with Gasteiger partial charge in [-0.15, -0.1) is 0 Å². The number of carbonyl (C=O) groups is 3. The van der Waals surface area contributed by atoms with Crippen molar-refractivity contribution in [3.05, 3.63) is 94.9 Å². The molecule has 0 unspecified atom stereocenters. The van der Waals surface area contributed by atoms with Crippen molar-refractivity contribution in [2.45, 2.75) is 0 Å². The fraction of sp³-hybridized carbons (Fsp3) is 0.154. The Labute approximate surface area is 196 Å². The number of hydrogen-bond donors (Lipinski definition) is 1. The van der Waals surface area contributed by atoms with Crippen LogP contribution in [0.5, 0.6) is 5.75 Å². The Morgan fingerprint density at radius 1 is 0.941 bits per heavy atom. The Bertz CT molecular complexity index is 1290. The first kappa shape index (κ1) is 21.4. The molecule has 1 saturated heterocycles. The third kappa shape index (κ3) is 4.01. The summed E-state index contributed by atoms with van der Waals surface area (Å²) in [6, 6.07) is 17.5. The van der Waals surface area contributed by atoms with Crippen LogP contribution in [-0.2, 0) is 0 Å². The number of ether oxygens (including phenoxy) is 1. The van der Waals surface area contributed by atoms with Crippen LogP contribution >= 0.6 is 0 Å². The number of carbonyl (C=O) groups excluding carboxylic acids is 3. The van der Waals surface area contributed by atoms with Crippen molar-refractivity contribution >= 4 is 29.5 Å². The highest BCUT2D eigenvalue weighted by Crippen LogP contribution is 2.35. The number of ketones is 1. The lowest BCUT2D eigenvalue weighted by Crippen LogP contribution is -2.49. The van der Waals surface area contributed by atoms with Gasteiger partial charge < -0.3 is 20.3 Å². The van der Waals surface area contributed by atoms with E-state index in [1.165, 1.54) is 6.07 Å². The molecule has 2 aliphatic heterocycles. The molecule has 8 heteroatoms. The number of benzene rings is 2. The van der Waals surface area contributed by atoms with Gasteiger partial charge in [-0.1, -0.05) is 24.3 Å². The maximum Gasteiger partial charge on any atom is 0.253 e. The van der Waals surface area contributed by atoms with Gasteiger partial charge in [0.1, 0.15) is 5.82 Å². The van der Waals surface area contributed by atoms with E-state index in [-0.39, 0.29) is 28.8 Å². The van der Waals surface area contributed by atoms with Crippen LogP contribution in [0, 0.1) is 0 Å². The number of hydrogen-bond acceptors (Lipinski definition) is 6. The number of amides is 2. The number of Topliss-reactive ketones (excluding diaryl/α,β-unsaturated/α-hetero) is 1. The molecule has 0 radical (unpaired) electrons. The lowest BCUT2D eigenvalue weighted by molar-refractivity contribution is 0.0746. The second kappa shape index (κ2) is 8.82. The Balaban J connectivity index is 1.26. The molecule has 0 bridgehead atoms. The third-order valence-electron chi connectivity index (χ3n) is 5.96. The Morgan fingerprint density at radius 3 is 2.38 bits per heavy atom. The van der Waals surface area contributed by atoms with Crippen molar-refractivity contribution in [1.82, 2.24) is 9.88 Å². The molecular formula is C26H22N4O4. The number of fused-ring (bicyclic) bond motifs is 1. The van der Waals surface area contributed by atoms with Crippen molar-refractivity contribution in [1.29, 1.82) is 0 Å². The molecular weight excluding hydrogens is 432 g/mol. The van der Waals surface area contributed by atoms with Crippen LogP contribution in [0.4, 0.5) is 5.82 Å². The Hall–Kier alpha value is -4.46. The minimum absolute atomic E-state index is 0.0356. The van der Waals surface area contributed by atoms with Crippen LogP contribution in [-0.4, -0.2) is 53.7 Å². The van der Waals surface area contributed by atoms with Crippen LogP contribution in [0.3, 0.4) is 0 Å². The van der Waals surface area contributed by atoms with Crippen LogP contribution in [0.15, 0.2) is 72.6 Å². The Morgan fingerprint density at radius 2 is 1.71 bits per heavy atom. The number of rotatable bonds is 4. The number of anilines is 1. The molecule has 8 nitrogen and oxygen atoms in total. The number of piperazine rings is 1. The number of nitrogens with zero attached hydrogens (tertiary/aromatic N) is 3. The van der Waals surface area contributed by atoms with E-state index in [1.54, 1.807) is 48.7 Å². The minimum Gasteiger partial charge on any atom is -0.452 e. The average molecular weight is 454 g/mol. The lowest BCUT2D eigenvalue weighted by Gasteiger charge is -2.35. The predicted molar refractivity (Wildman–Crippen MR) is 127 cm³/mol. The first-order chi connectivity index (χ1) is 16.5. The molecule has 2 amide bonds. The highest BCUT2D eigenvalue weighted by Gasteiger charge is 2.31. The van der Waals surface area contributed by atoms with Gasteiger partial charge in [0.15, 0.2) is 11.5 Å². The van der Waals surface area contributed by atoms with E-state index >= 15 is 0 Å². The number of primary amides is 1. The number of para-hydroxylation sites is 1. The van der Waals surface area contributed by atoms with Gasteiger partial charge >= 0.3 is 0 Å². The summed E-state index contributed by atoms with van der Waals surface area (Å²) in [5.41, 5.74) is 7.13. The second-order valence-corrected chi connectivity index (χ2v) is 8.08. The molecule has 1 fully saturated rings. The molecule has 0 atom stereocenters. The highest BCUT2D eigenvalue weighted by atomic mass is 16.5. The normalized spacial score (nSPS) is 16.4. The standard InChI is InChI=1S/C26H22N4O4/c27-25(32)20-5-3-4-19-23(31)21(34-24(19)20)16-17-7-9-18(10-8-17)26(33)30-14-12-29(13-15-30)22-6-1-2-11-28-22/h1-11,16H,12-15H2,(H2,27,32)/b21-16-. The summed E-state index contributed by atoms with van der Waals surface area (Å²) >= 11 is 0. The van der Waals surface area contributed by atoms with Gasteiger partial charge in [0.05, 0.1) is 11.1 Å². The summed E-state index contributed by atoms with van der Waals surface area (Å²) in [4.78, 5) is 45.6. The molecule has 2 N–H and O–H groups in total. The largest absolute Gasteiger partial charge is 0.452 e. The van der Waals surface area contributed by atoms with Crippen molar-refractivity contribution in [3.8, 4) is 5.75 Å². The molecule has 2 aromatic carbocycles. The quantitative estimate of drug-likeness (QED) is 0.608. The number of nitrogens with two attached hydrogens (primary N) is 1. The highest BCUT2D eigenvalue weighted by molar-refractivity contribution is 6.16. The molecule has 34 heavy (non-hydrogen) atoms. The van der Waals surface area contributed by atoms with E-state index in [4.69, 9.17) is 10.5 Å². The molecule has 170 valence electrons. The average Bonchev–Trinajstić information content (AvgIpc) is 3.19. The van der Waals surface area contributed by atoms with Crippen molar-refractivity contribution in [3.63, 3.8) is 0 Å². The van der Waals surface area contributed by atoms with Gasteiger partial charge in [0.2, 0.25) is 5.78 Å². The zero-order valence-corrected chi connectivity index (χ0v) is 18.3. The molecule has 0 spiro atoms. The van der Waals surface area contributed by atoms with E-state index in [1.807, 2.05) is 23.1 Å². The van der Waals surface area contributed by atoms with Crippen LogP contribution in [0.25, 0.3) is 6.08 Å². The van der Waals surface area contributed by atoms with Gasteiger partial charge in [-0.3, -0.25) is 14.4 Å². The molecule has 3 aromatic rings. The minimum atomic E-state index is -0.658. The fourth-order valence-corrected chi connectivity index (χ4v) is 4.14. The summed E-state index contributed by atoms with van der Waals surface area (Å²) in [5.74, 6) is 0.197. The number of aromatic nitrogens is 1. The first-order valence-electron chi connectivity index (χ1n) is 10.9. The summed E-state index contributed by atoms with van der Waals surface area (Å²) in [6.45, 7) is 2.68. The van der Waals surface area contributed by atoms with Crippen LogP contribution in [0.2, 0.25) is 0 Å². The maximum atomic E-state index is 13.0. The zero-order valence-electron chi connectivity index (χ0n) is 18.3. The summed E-state index contributed by atoms with van der Waals surface area (Å²) in [7, 11) is 0. The topological polar surface area (TPSA) is 106 Å². The van der Waals surface area contributed by atoms with E-state index in [2.05, 4.69) is 9.88 Å². The maximum absolute atomic E-state index is 13.0. The molecule has 2 aliphatic rings.